The molecule has 2 aliphatic heterocycles. The summed E-state index contributed by atoms with van der Waals surface area (Å²) in [7, 11) is 3.09. The van der Waals surface area contributed by atoms with E-state index < -0.39 is 11.7 Å². The zero-order valence-electron chi connectivity index (χ0n) is 17.2. The third kappa shape index (κ3) is 2.65. The van der Waals surface area contributed by atoms with Crippen LogP contribution in [0.4, 0.5) is 0 Å². The van der Waals surface area contributed by atoms with Crippen molar-refractivity contribution >= 4 is 11.0 Å². The summed E-state index contributed by atoms with van der Waals surface area (Å²) in [5.74, 6) is 2.65. The van der Waals surface area contributed by atoms with Gasteiger partial charge in [-0.3, -0.25) is 4.79 Å². The maximum Gasteiger partial charge on any atom is 0.201 e. The van der Waals surface area contributed by atoms with Gasteiger partial charge in [-0.1, -0.05) is 0 Å². The molecule has 7 nitrogen and oxygen atoms in total. The van der Waals surface area contributed by atoms with E-state index in [4.69, 9.17) is 23.4 Å². The maximum atomic E-state index is 13.5. The first-order valence-electron chi connectivity index (χ1n) is 9.71. The molecule has 0 saturated heterocycles. The second-order valence-corrected chi connectivity index (χ2v) is 8.10. The van der Waals surface area contributed by atoms with Gasteiger partial charge in [0.1, 0.15) is 29.8 Å². The molecule has 156 valence electrons. The first-order valence-corrected chi connectivity index (χ1v) is 9.71. The molecule has 1 aromatic heterocycles. The summed E-state index contributed by atoms with van der Waals surface area (Å²) in [5.41, 5.74) is 1.18. The van der Waals surface area contributed by atoms with Crippen LogP contribution in [0, 0.1) is 0 Å². The third-order valence-corrected chi connectivity index (χ3v) is 5.75. The standard InChI is InChI=1S/C23H22O7/c1-23(2,25)19-8-13-14(29-19)6-5-11-21(24)20-12-7-16(26-3)17(27-4)9-15(12)28-10-18(20)30-22(11)13/h5-7,9,19,25H,8,10H2,1-4H3/t19-/m0/s1. The molecule has 0 saturated carbocycles. The topological polar surface area (TPSA) is 87.4 Å². The van der Waals surface area contributed by atoms with Gasteiger partial charge in [0.15, 0.2) is 17.3 Å². The van der Waals surface area contributed by atoms with Crippen molar-refractivity contribution in [2.24, 2.45) is 0 Å². The van der Waals surface area contributed by atoms with Crippen molar-refractivity contribution in [2.75, 3.05) is 14.2 Å². The molecule has 30 heavy (non-hydrogen) atoms. The lowest BCUT2D eigenvalue weighted by Crippen LogP contribution is -2.39. The number of methoxy groups -OCH3 is 2. The Morgan fingerprint density at radius 2 is 1.83 bits per heavy atom. The van der Waals surface area contributed by atoms with Gasteiger partial charge in [0.2, 0.25) is 5.43 Å². The Morgan fingerprint density at radius 3 is 2.53 bits per heavy atom. The normalized spacial score (nSPS) is 16.9. The van der Waals surface area contributed by atoms with E-state index >= 15 is 0 Å². The van der Waals surface area contributed by atoms with Crippen LogP contribution in [0.2, 0.25) is 0 Å². The second-order valence-electron chi connectivity index (χ2n) is 8.10. The highest BCUT2D eigenvalue weighted by Crippen LogP contribution is 2.45. The summed E-state index contributed by atoms with van der Waals surface area (Å²) in [6.07, 6.45) is 0.0496. The summed E-state index contributed by atoms with van der Waals surface area (Å²) in [4.78, 5) is 13.5. The number of ether oxygens (including phenoxy) is 4. The minimum Gasteiger partial charge on any atom is -0.493 e. The molecule has 0 amide bonds. The van der Waals surface area contributed by atoms with Crippen LogP contribution in [0.3, 0.4) is 0 Å². The van der Waals surface area contributed by atoms with Crippen LogP contribution in [0.25, 0.3) is 22.1 Å². The van der Waals surface area contributed by atoms with Gasteiger partial charge in [-0.2, -0.15) is 0 Å². The fourth-order valence-corrected chi connectivity index (χ4v) is 4.11. The lowest BCUT2D eigenvalue weighted by molar-refractivity contribution is -0.0229. The SMILES string of the molecule is COc1cc2c(cc1OC)-c1c(oc3c4c(ccc3c1=O)O[C@H](C(C)(C)O)C4)CO2. The zero-order valence-corrected chi connectivity index (χ0v) is 17.2. The number of hydrogen-bond acceptors (Lipinski definition) is 7. The molecule has 1 N–H and O–H groups in total. The van der Waals surface area contributed by atoms with Gasteiger partial charge in [-0.15, -0.1) is 0 Å². The van der Waals surface area contributed by atoms with E-state index in [2.05, 4.69) is 0 Å². The van der Waals surface area contributed by atoms with Crippen molar-refractivity contribution in [3.63, 3.8) is 0 Å². The fraction of sp³-hybridized carbons (Fsp3) is 0.348. The number of aliphatic hydroxyl groups is 1. The average molecular weight is 410 g/mol. The number of benzene rings is 2. The highest BCUT2D eigenvalue weighted by molar-refractivity contribution is 5.89. The molecule has 1 atom stereocenters. The second kappa shape index (κ2) is 6.40. The van der Waals surface area contributed by atoms with E-state index in [9.17, 15) is 9.90 Å². The Kier molecular flexibility index (Phi) is 4.02. The van der Waals surface area contributed by atoms with Crippen LogP contribution in [0.5, 0.6) is 23.0 Å². The van der Waals surface area contributed by atoms with Crippen LogP contribution in [0.15, 0.2) is 33.5 Å². The van der Waals surface area contributed by atoms with Crippen molar-refractivity contribution in [2.45, 2.75) is 38.6 Å². The van der Waals surface area contributed by atoms with E-state index in [1.165, 1.54) is 0 Å². The third-order valence-electron chi connectivity index (χ3n) is 5.75. The molecule has 0 bridgehead atoms. The van der Waals surface area contributed by atoms with E-state index in [0.29, 0.717) is 57.3 Å². The van der Waals surface area contributed by atoms with E-state index in [1.807, 2.05) is 0 Å². The Bertz CT molecular complexity index is 1230. The quantitative estimate of drug-likeness (QED) is 0.708. The molecule has 0 aliphatic carbocycles. The van der Waals surface area contributed by atoms with Crippen LogP contribution >= 0.6 is 0 Å². The molecule has 5 rings (SSSR count). The largest absolute Gasteiger partial charge is 0.493 e. The van der Waals surface area contributed by atoms with Gasteiger partial charge >= 0.3 is 0 Å². The molecule has 2 aliphatic rings. The van der Waals surface area contributed by atoms with Crippen LogP contribution in [-0.2, 0) is 13.0 Å². The highest BCUT2D eigenvalue weighted by atomic mass is 16.5. The first kappa shape index (κ1) is 18.8. The van der Waals surface area contributed by atoms with Crippen molar-refractivity contribution in [1.29, 1.82) is 0 Å². The molecule has 0 radical (unpaired) electrons. The summed E-state index contributed by atoms with van der Waals surface area (Å²) in [5, 5.41) is 10.8. The lowest BCUT2D eigenvalue weighted by Gasteiger charge is -2.24. The Morgan fingerprint density at radius 1 is 1.10 bits per heavy atom. The molecule has 0 spiro atoms. The predicted molar refractivity (Wildman–Crippen MR) is 110 cm³/mol. The van der Waals surface area contributed by atoms with Gasteiger partial charge < -0.3 is 28.5 Å². The zero-order chi connectivity index (χ0) is 21.2. The van der Waals surface area contributed by atoms with Crippen molar-refractivity contribution in [3.8, 4) is 34.1 Å². The first-order chi connectivity index (χ1) is 14.3. The van der Waals surface area contributed by atoms with Gasteiger partial charge in [-0.05, 0) is 32.0 Å². The van der Waals surface area contributed by atoms with E-state index in [1.54, 1.807) is 52.3 Å². The molecule has 3 heterocycles. The van der Waals surface area contributed by atoms with Gasteiger partial charge in [0, 0.05) is 23.6 Å². The van der Waals surface area contributed by atoms with Crippen LogP contribution in [0.1, 0.15) is 25.2 Å². The molecule has 0 fully saturated rings. The minimum absolute atomic E-state index is 0.127. The maximum absolute atomic E-state index is 13.5. The highest BCUT2D eigenvalue weighted by Gasteiger charge is 2.37. The number of fused-ring (bicyclic) bond motifs is 6. The summed E-state index contributed by atoms with van der Waals surface area (Å²) in [6, 6.07) is 6.92. The Labute approximate surface area is 172 Å². The average Bonchev–Trinajstić information content (AvgIpc) is 3.18. The monoisotopic (exact) mass is 410 g/mol. The van der Waals surface area contributed by atoms with E-state index in [-0.39, 0.29) is 12.0 Å². The molecule has 0 unspecified atom stereocenters. The molecule has 2 aromatic carbocycles. The Balaban J connectivity index is 1.72. The van der Waals surface area contributed by atoms with Crippen LogP contribution < -0.4 is 24.4 Å². The summed E-state index contributed by atoms with van der Waals surface area (Å²) >= 11 is 0. The summed E-state index contributed by atoms with van der Waals surface area (Å²) < 4.78 is 28.7. The lowest BCUT2D eigenvalue weighted by atomic mass is 9.95. The summed E-state index contributed by atoms with van der Waals surface area (Å²) in [6.45, 7) is 3.54. The smallest absolute Gasteiger partial charge is 0.201 e. The Hall–Kier alpha value is -3.19. The molecular weight excluding hydrogens is 388 g/mol. The molecule has 7 heteroatoms. The van der Waals surface area contributed by atoms with Crippen LogP contribution in [-0.4, -0.2) is 31.0 Å². The molecular formula is C23H22O7. The fourth-order valence-electron chi connectivity index (χ4n) is 4.11. The van der Waals surface area contributed by atoms with E-state index in [0.717, 1.165) is 5.56 Å². The van der Waals surface area contributed by atoms with Gasteiger partial charge in [0.25, 0.3) is 0 Å². The molecule has 3 aromatic rings. The number of hydrogen-bond donors (Lipinski definition) is 1. The van der Waals surface area contributed by atoms with Crippen molar-refractivity contribution < 1.29 is 28.5 Å². The van der Waals surface area contributed by atoms with Gasteiger partial charge in [-0.25, -0.2) is 0 Å². The minimum atomic E-state index is -1.02. The van der Waals surface area contributed by atoms with Gasteiger partial charge in [0.05, 0.1) is 30.8 Å². The number of rotatable bonds is 3. The van der Waals surface area contributed by atoms with Crippen molar-refractivity contribution in [1.82, 2.24) is 0 Å². The van der Waals surface area contributed by atoms with Crippen molar-refractivity contribution in [3.05, 3.63) is 45.8 Å². The predicted octanol–water partition coefficient (Wildman–Crippen LogP) is 3.44.